The fraction of sp³-hybridized carbons (Fsp3) is 0.650. The van der Waals surface area contributed by atoms with Crippen LogP contribution in [-0.4, -0.2) is 11.1 Å². The molecule has 4 atom stereocenters. The first-order valence-corrected chi connectivity index (χ1v) is 8.46. The number of hydrogen-bond donors (Lipinski definition) is 1. The molecule has 0 bridgehead atoms. The molecule has 0 saturated heterocycles. The van der Waals surface area contributed by atoms with Crippen molar-refractivity contribution in [3.8, 4) is 0 Å². The summed E-state index contributed by atoms with van der Waals surface area (Å²) in [5, 5.41) is 9.81. The van der Waals surface area contributed by atoms with Crippen molar-refractivity contribution in [2.24, 2.45) is 22.7 Å². The first kappa shape index (κ1) is 17.1. The van der Waals surface area contributed by atoms with Gasteiger partial charge >= 0.3 is 5.97 Å². The van der Waals surface area contributed by atoms with Crippen molar-refractivity contribution in [2.75, 3.05) is 0 Å². The van der Waals surface area contributed by atoms with Crippen LogP contribution in [0.4, 0.5) is 0 Å². The summed E-state index contributed by atoms with van der Waals surface area (Å²) in [4.78, 5) is 11.9. The number of aliphatic carboxylic acids is 1. The molecule has 2 heteroatoms. The van der Waals surface area contributed by atoms with Crippen molar-refractivity contribution in [1.29, 1.82) is 0 Å². The summed E-state index contributed by atoms with van der Waals surface area (Å²) in [6.07, 6.45) is 9.95. The van der Waals surface area contributed by atoms with Crippen LogP contribution in [0.25, 0.3) is 0 Å². The smallest absolute Gasteiger partial charge is 0.309 e. The molecular weight excluding hydrogens is 272 g/mol. The van der Waals surface area contributed by atoms with Gasteiger partial charge in [0.25, 0.3) is 0 Å². The van der Waals surface area contributed by atoms with Crippen LogP contribution in [0.15, 0.2) is 36.5 Å². The zero-order valence-electron chi connectivity index (χ0n) is 14.3. The second-order valence-corrected chi connectivity index (χ2v) is 7.77. The number of carboxylic acid groups (broad SMARTS) is 1. The summed E-state index contributed by atoms with van der Waals surface area (Å²) in [6.45, 7) is 14.5. The van der Waals surface area contributed by atoms with Gasteiger partial charge in [-0.2, -0.15) is 0 Å². The molecule has 0 aliphatic heterocycles. The lowest BCUT2D eigenvalue weighted by atomic mass is 9.46. The summed E-state index contributed by atoms with van der Waals surface area (Å²) < 4.78 is 0. The summed E-state index contributed by atoms with van der Waals surface area (Å²) in [5.41, 5.74) is 1.97. The van der Waals surface area contributed by atoms with Crippen molar-refractivity contribution >= 4 is 5.97 Å². The Balaban J connectivity index is 2.36. The highest BCUT2D eigenvalue weighted by Crippen LogP contribution is 2.61. The third-order valence-electron chi connectivity index (χ3n) is 6.51. The Kier molecular flexibility index (Phi) is 4.70. The van der Waals surface area contributed by atoms with Gasteiger partial charge in [-0.1, -0.05) is 49.8 Å². The largest absolute Gasteiger partial charge is 0.481 e. The highest BCUT2D eigenvalue weighted by molar-refractivity contribution is 5.75. The zero-order valence-corrected chi connectivity index (χ0v) is 14.3. The fourth-order valence-electron chi connectivity index (χ4n) is 5.03. The molecule has 2 saturated carbocycles. The van der Waals surface area contributed by atoms with Gasteiger partial charge in [0, 0.05) is 0 Å². The molecule has 0 aromatic rings. The lowest BCUT2D eigenvalue weighted by Gasteiger charge is -2.57. The van der Waals surface area contributed by atoms with Gasteiger partial charge in [0.15, 0.2) is 0 Å². The van der Waals surface area contributed by atoms with Gasteiger partial charge in [-0.15, -0.1) is 0 Å². The SMILES string of the molecule is C=C/C(C)=C/C[C@@H]1C(=C)CC[C@@H]2[C@]1(C)CCC[C@]2(C)C(=O)O. The molecule has 122 valence electrons. The van der Waals surface area contributed by atoms with Gasteiger partial charge in [0.05, 0.1) is 5.41 Å². The molecule has 0 unspecified atom stereocenters. The Hall–Kier alpha value is -1.31. The maximum atomic E-state index is 11.9. The van der Waals surface area contributed by atoms with Crippen molar-refractivity contribution in [3.63, 3.8) is 0 Å². The number of hydrogen-bond acceptors (Lipinski definition) is 1. The molecule has 1 N–H and O–H groups in total. The van der Waals surface area contributed by atoms with Crippen molar-refractivity contribution in [3.05, 3.63) is 36.5 Å². The van der Waals surface area contributed by atoms with E-state index < -0.39 is 11.4 Å². The van der Waals surface area contributed by atoms with Crippen LogP contribution >= 0.6 is 0 Å². The average Bonchev–Trinajstić information content (AvgIpc) is 2.45. The predicted octanol–water partition coefficient (Wildman–Crippen LogP) is 5.37. The molecule has 2 rings (SSSR count). The molecule has 2 fully saturated rings. The van der Waals surface area contributed by atoms with Crippen LogP contribution in [0.2, 0.25) is 0 Å². The highest BCUT2D eigenvalue weighted by atomic mass is 16.4. The number of carbonyl (C=O) groups is 1. The van der Waals surface area contributed by atoms with E-state index in [-0.39, 0.29) is 11.3 Å². The summed E-state index contributed by atoms with van der Waals surface area (Å²) >= 11 is 0. The number of allylic oxidation sites excluding steroid dienone is 4. The highest BCUT2D eigenvalue weighted by Gasteiger charge is 2.57. The third kappa shape index (κ3) is 2.68. The van der Waals surface area contributed by atoms with Crippen LogP contribution in [0.3, 0.4) is 0 Å². The van der Waals surface area contributed by atoms with Crippen LogP contribution in [-0.2, 0) is 4.79 Å². The van der Waals surface area contributed by atoms with E-state index in [1.165, 1.54) is 11.1 Å². The van der Waals surface area contributed by atoms with Gasteiger partial charge in [0.2, 0.25) is 0 Å². The standard InChI is InChI=1S/C20H30O2/c1-6-14(2)8-10-16-15(3)9-11-17-19(16,4)12-7-13-20(17,5)18(21)22/h6,8,16-17H,1,3,7,9-13H2,2,4-5H3,(H,21,22)/b14-8+/t16-,17-,19-,20+/m1/s1. The van der Waals surface area contributed by atoms with E-state index in [9.17, 15) is 9.90 Å². The molecule has 2 nitrogen and oxygen atoms in total. The van der Waals surface area contributed by atoms with Crippen LogP contribution in [0.5, 0.6) is 0 Å². The summed E-state index contributed by atoms with van der Waals surface area (Å²) in [6, 6.07) is 0. The second-order valence-electron chi connectivity index (χ2n) is 7.77. The lowest BCUT2D eigenvalue weighted by Crippen LogP contribution is -2.53. The van der Waals surface area contributed by atoms with Crippen molar-refractivity contribution in [1.82, 2.24) is 0 Å². The Bertz CT molecular complexity index is 516. The molecular formula is C20H30O2. The third-order valence-corrected chi connectivity index (χ3v) is 6.51. The van der Waals surface area contributed by atoms with Crippen LogP contribution < -0.4 is 0 Å². The minimum atomic E-state index is -0.618. The van der Waals surface area contributed by atoms with Crippen LogP contribution in [0, 0.1) is 22.7 Å². The van der Waals surface area contributed by atoms with E-state index in [4.69, 9.17) is 0 Å². The quantitative estimate of drug-likeness (QED) is 0.559. The Morgan fingerprint density at radius 2 is 2.09 bits per heavy atom. The molecule has 2 aliphatic rings. The second kappa shape index (κ2) is 6.06. The average molecular weight is 302 g/mol. The monoisotopic (exact) mass is 302 g/mol. The summed E-state index contributed by atoms with van der Waals surface area (Å²) in [7, 11) is 0. The molecule has 0 aromatic carbocycles. The number of fused-ring (bicyclic) bond motifs is 1. The zero-order chi connectivity index (χ0) is 16.5. The topological polar surface area (TPSA) is 37.3 Å². The maximum absolute atomic E-state index is 11.9. The van der Waals surface area contributed by atoms with E-state index in [1.54, 1.807) is 0 Å². The minimum absolute atomic E-state index is 0.0542. The first-order chi connectivity index (χ1) is 10.3. The number of carboxylic acids is 1. The predicted molar refractivity (Wildman–Crippen MR) is 91.6 cm³/mol. The van der Waals surface area contributed by atoms with Gasteiger partial charge in [0.1, 0.15) is 0 Å². The molecule has 2 aliphatic carbocycles. The number of rotatable bonds is 4. The molecule has 0 radical (unpaired) electrons. The van der Waals surface area contributed by atoms with Crippen molar-refractivity contribution < 1.29 is 9.90 Å². The fourth-order valence-corrected chi connectivity index (χ4v) is 5.03. The Morgan fingerprint density at radius 1 is 1.41 bits per heavy atom. The van der Waals surface area contributed by atoms with E-state index in [1.807, 2.05) is 13.0 Å². The van der Waals surface area contributed by atoms with E-state index in [0.29, 0.717) is 5.92 Å². The van der Waals surface area contributed by atoms with Crippen molar-refractivity contribution in [2.45, 2.75) is 59.3 Å². The molecule has 0 amide bonds. The molecule has 0 heterocycles. The van der Waals surface area contributed by atoms with Gasteiger partial charge in [-0.3, -0.25) is 4.79 Å². The summed E-state index contributed by atoms with van der Waals surface area (Å²) in [5.74, 6) is 0.0202. The van der Waals surface area contributed by atoms with E-state index in [2.05, 4.69) is 33.1 Å². The first-order valence-electron chi connectivity index (χ1n) is 8.46. The van der Waals surface area contributed by atoms with Gasteiger partial charge in [-0.05, 0) is 63.2 Å². The minimum Gasteiger partial charge on any atom is -0.481 e. The maximum Gasteiger partial charge on any atom is 0.309 e. The molecule has 0 spiro atoms. The Labute approximate surface area is 135 Å². The Morgan fingerprint density at radius 3 is 2.68 bits per heavy atom. The lowest BCUT2D eigenvalue weighted by molar-refractivity contribution is -0.164. The van der Waals surface area contributed by atoms with Crippen LogP contribution in [0.1, 0.15) is 59.3 Å². The normalized spacial score (nSPS) is 39.2. The molecule has 0 aromatic heterocycles. The molecule has 22 heavy (non-hydrogen) atoms. The van der Waals surface area contributed by atoms with E-state index >= 15 is 0 Å². The van der Waals surface area contributed by atoms with Gasteiger partial charge < -0.3 is 5.11 Å². The van der Waals surface area contributed by atoms with E-state index in [0.717, 1.165) is 38.5 Å². The van der Waals surface area contributed by atoms with Gasteiger partial charge in [-0.25, -0.2) is 0 Å².